The van der Waals surface area contributed by atoms with Crippen molar-refractivity contribution in [1.29, 1.82) is 0 Å². The summed E-state index contributed by atoms with van der Waals surface area (Å²) in [5, 5.41) is 10.7. The second-order valence-corrected chi connectivity index (χ2v) is 6.68. The minimum absolute atomic E-state index is 0.242. The molecule has 1 aromatic heterocycles. The first-order chi connectivity index (χ1) is 7.25. The average Bonchev–Trinajstić information content (AvgIpc) is 2.56. The Morgan fingerprint density at radius 2 is 2.27 bits per heavy atom. The molecular weight excluding hydrogens is 248 g/mol. The molecule has 1 saturated heterocycles. The maximum absolute atomic E-state index is 9.71. The number of aromatic nitrogens is 2. The van der Waals surface area contributed by atoms with Crippen molar-refractivity contribution in [2.75, 3.05) is 5.75 Å². The number of hydrogen-bond donors (Lipinski definition) is 2. The summed E-state index contributed by atoms with van der Waals surface area (Å²) < 4.78 is 0.266. The fourth-order valence-electron chi connectivity index (χ4n) is 1.37. The number of thioether (sulfide) groups is 2. The number of aliphatic hydroxyl groups excluding tert-OH is 1. The maximum Gasteiger partial charge on any atom is 0.187 e. The van der Waals surface area contributed by atoms with Gasteiger partial charge in [-0.05, 0) is 12.5 Å². The zero-order valence-electron chi connectivity index (χ0n) is 7.98. The van der Waals surface area contributed by atoms with Gasteiger partial charge in [-0.1, -0.05) is 11.8 Å². The topological polar surface area (TPSA) is 46.0 Å². The lowest BCUT2D eigenvalue weighted by Gasteiger charge is -2.11. The zero-order valence-corrected chi connectivity index (χ0v) is 10.5. The van der Waals surface area contributed by atoms with Crippen molar-refractivity contribution in [3.05, 3.63) is 18.5 Å². The van der Waals surface area contributed by atoms with Gasteiger partial charge < -0.3 is 5.11 Å². The summed E-state index contributed by atoms with van der Waals surface area (Å²) in [5.74, 6) is 0.840. The van der Waals surface area contributed by atoms with Crippen molar-refractivity contribution < 1.29 is 5.11 Å². The summed E-state index contributed by atoms with van der Waals surface area (Å²) in [5.41, 5.74) is 0. The molecule has 0 aliphatic carbocycles. The van der Waals surface area contributed by atoms with Crippen molar-refractivity contribution >= 4 is 36.2 Å². The molecule has 3 atom stereocenters. The third kappa shape index (κ3) is 3.27. The van der Waals surface area contributed by atoms with E-state index in [-0.39, 0.29) is 15.9 Å². The highest BCUT2D eigenvalue weighted by Crippen LogP contribution is 2.38. The first-order valence-electron chi connectivity index (χ1n) is 4.67. The van der Waals surface area contributed by atoms with E-state index >= 15 is 0 Å². The monoisotopic (exact) mass is 260 g/mol. The number of nitrogens with zero attached hydrogens (tertiary/aromatic N) is 2. The third-order valence-electron chi connectivity index (χ3n) is 2.12. The maximum atomic E-state index is 9.71. The van der Waals surface area contributed by atoms with Crippen LogP contribution in [0.15, 0.2) is 23.6 Å². The van der Waals surface area contributed by atoms with E-state index in [4.69, 9.17) is 0 Å². The Labute approximate surface area is 103 Å². The van der Waals surface area contributed by atoms with Gasteiger partial charge in [-0.25, -0.2) is 9.97 Å². The molecule has 6 heteroatoms. The Morgan fingerprint density at radius 3 is 2.87 bits per heavy atom. The fraction of sp³-hybridized carbons (Fsp3) is 0.556. The van der Waals surface area contributed by atoms with Gasteiger partial charge in [0, 0.05) is 23.4 Å². The quantitative estimate of drug-likeness (QED) is 0.492. The number of hydrogen-bond acceptors (Lipinski definition) is 6. The Balaban J connectivity index is 1.84. The summed E-state index contributed by atoms with van der Waals surface area (Å²) in [6.45, 7) is 0. The van der Waals surface area contributed by atoms with Crippen LogP contribution < -0.4 is 0 Å². The third-order valence-corrected chi connectivity index (χ3v) is 5.24. The van der Waals surface area contributed by atoms with Gasteiger partial charge in [0.05, 0.1) is 10.7 Å². The van der Waals surface area contributed by atoms with Gasteiger partial charge in [-0.2, -0.15) is 12.6 Å². The molecule has 0 radical (unpaired) electrons. The second-order valence-electron chi connectivity index (χ2n) is 3.27. The van der Waals surface area contributed by atoms with E-state index in [1.54, 1.807) is 42.0 Å². The number of aliphatic hydroxyl groups is 1. The smallest absolute Gasteiger partial charge is 0.187 e. The van der Waals surface area contributed by atoms with Gasteiger partial charge in [-0.3, -0.25) is 0 Å². The van der Waals surface area contributed by atoms with Crippen LogP contribution in [0, 0.1) is 0 Å². The van der Waals surface area contributed by atoms with Crippen LogP contribution >= 0.6 is 36.2 Å². The predicted octanol–water partition coefficient (Wildman–Crippen LogP) is 1.69. The van der Waals surface area contributed by atoms with Crippen molar-refractivity contribution in [1.82, 2.24) is 9.97 Å². The molecule has 0 amide bonds. The molecule has 2 heterocycles. The molecule has 1 aromatic rings. The molecule has 1 aliphatic rings. The molecule has 3 unspecified atom stereocenters. The van der Waals surface area contributed by atoms with Crippen molar-refractivity contribution in [2.45, 2.75) is 27.5 Å². The van der Waals surface area contributed by atoms with Gasteiger partial charge in [-0.15, -0.1) is 11.8 Å². The normalized spacial score (nSPS) is 30.7. The summed E-state index contributed by atoms with van der Waals surface area (Å²) in [6.07, 6.45) is 3.99. The van der Waals surface area contributed by atoms with Crippen LogP contribution in [0.5, 0.6) is 0 Å². The van der Waals surface area contributed by atoms with Crippen LogP contribution in [-0.4, -0.2) is 36.8 Å². The molecule has 3 nitrogen and oxygen atoms in total. The van der Waals surface area contributed by atoms with E-state index < -0.39 is 0 Å². The summed E-state index contributed by atoms with van der Waals surface area (Å²) >= 11 is 7.67. The first kappa shape index (κ1) is 11.6. The van der Waals surface area contributed by atoms with E-state index in [9.17, 15) is 5.11 Å². The molecule has 0 bridgehead atoms. The van der Waals surface area contributed by atoms with E-state index in [1.807, 2.05) is 0 Å². The van der Waals surface area contributed by atoms with Gasteiger partial charge in [0.15, 0.2) is 5.16 Å². The standard InChI is InChI=1S/C9H12N2OS3/c12-6-4-8(13)15-7(6)5-14-9-10-2-1-3-11-9/h1-3,6-8,12-13H,4-5H2. The molecule has 1 aliphatic heterocycles. The summed E-state index contributed by atoms with van der Waals surface area (Å²) in [7, 11) is 0. The second kappa shape index (κ2) is 5.43. The number of thiol groups is 1. The van der Waals surface area contributed by atoms with Crippen LogP contribution in [0.3, 0.4) is 0 Å². The number of rotatable bonds is 3. The average molecular weight is 260 g/mol. The van der Waals surface area contributed by atoms with Gasteiger partial charge in [0.2, 0.25) is 0 Å². The Morgan fingerprint density at radius 1 is 1.53 bits per heavy atom. The summed E-state index contributed by atoms with van der Waals surface area (Å²) in [6, 6.07) is 1.80. The van der Waals surface area contributed by atoms with E-state index in [0.717, 1.165) is 17.3 Å². The molecule has 0 saturated carbocycles. The lowest BCUT2D eigenvalue weighted by Crippen LogP contribution is -2.19. The van der Waals surface area contributed by atoms with Crippen molar-refractivity contribution in [3.8, 4) is 0 Å². The van der Waals surface area contributed by atoms with Crippen LogP contribution in [0.25, 0.3) is 0 Å². The van der Waals surface area contributed by atoms with E-state index in [2.05, 4.69) is 22.6 Å². The minimum atomic E-state index is -0.242. The van der Waals surface area contributed by atoms with Crippen molar-refractivity contribution in [3.63, 3.8) is 0 Å². The molecule has 15 heavy (non-hydrogen) atoms. The lowest BCUT2D eigenvalue weighted by atomic mass is 10.2. The Bertz CT molecular complexity index is 311. The van der Waals surface area contributed by atoms with Gasteiger partial charge >= 0.3 is 0 Å². The van der Waals surface area contributed by atoms with Crippen LogP contribution in [0.1, 0.15) is 6.42 Å². The lowest BCUT2D eigenvalue weighted by molar-refractivity contribution is 0.180. The van der Waals surface area contributed by atoms with Crippen LogP contribution in [-0.2, 0) is 0 Å². The first-order valence-corrected chi connectivity index (χ1v) is 7.11. The molecule has 0 aromatic carbocycles. The molecule has 82 valence electrons. The molecular formula is C9H12N2OS3. The Kier molecular flexibility index (Phi) is 4.19. The highest BCUT2D eigenvalue weighted by molar-refractivity contribution is 8.11. The molecule has 1 N–H and O–H groups in total. The fourth-order valence-corrected chi connectivity index (χ4v) is 4.39. The highest BCUT2D eigenvalue weighted by Gasteiger charge is 2.31. The molecule has 2 rings (SSSR count). The predicted molar refractivity (Wildman–Crippen MR) is 67.5 cm³/mol. The van der Waals surface area contributed by atoms with E-state index in [0.29, 0.717) is 0 Å². The summed E-state index contributed by atoms with van der Waals surface area (Å²) in [4.78, 5) is 8.25. The minimum Gasteiger partial charge on any atom is -0.392 e. The van der Waals surface area contributed by atoms with Crippen molar-refractivity contribution in [2.24, 2.45) is 0 Å². The molecule has 1 fully saturated rings. The Hall–Kier alpha value is 0.0900. The largest absolute Gasteiger partial charge is 0.392 e. The van der Waals surface area contributed by atoms with Gasteiger partial charge in [0.25, 0.3) is 0 Å². The highest BCUT2D eigenvalue weighted by atomic mass is 32.2. The van der Waals surface area contributed by atoms with Gasteiger partial charge in [0.1, 0.15) is 0 Å². The zero-order chi connectivity index (χ0) is 10.7. The van der Waals surface area contributed by atoms with Crippen LogP contribution in [0.2, 0.25) is 0 Å². The van der Waals surface area contributed by atoms with Crippen LogP contribution in [0.4, 0.5) is 0 Å². The SMILES string of the molecule is OC1CC(S)SC1CSc1ncccn1. The molecule has 0 spiro atoms. The van der Waals surface area contributed by atoms with E-state index in [1.165, 1.54) is 0 Å².